The second-order valence-electron chi connectivity index (χ2n) is 6.35. The zero-order valence-corrected chi connectivity index (χ0v) is 14.0. The Morgan fingerprint density at radius 3 is 2.68 bits per heavy atom. The van der Waals surface area contributed by atoms with E-state index in [1.54, 1.807) is 6.20 Å². The third-order valence-corrected chi connectivity index (χ3v) is 4.73. The molecule has 0 spiro atoms. The van der Waals surface area contributed by atoms with E-state index in [4.69, 9.17) is 4.98 Å². The number of aliphatic hydroxyl groups excluding tert-OH is 1. The van der Waals surface area contributed by atoms with Crippen molar-refractivity contribution in [2.24, 2.45) is 0 Å². The van der Waals surface area contributed by atoms with Gasteiger partial charge in [0.05, 0.1) is 6.61 Å². The molecule has 0 radical (unpaired) electrons. The Labute approximate surface area is 146 Å². The minimum atomic E-state index is 0.0479. The molecule has 3 aromatic rings. The van der Waals surface area contributed by atoms with Crippen LogP contribution in [0.3, 0.4) is 0 Å². The van der Waals surface area contributed by atoms with Crippen LogP contribution in [0.4, 0.5) is 5.82 Å². The standard InChI is InChI=1S/C19H21N5O/c25-13-14-6-9-20-17(12-14)24-10-7-16(8-11-24)19-21-18(22-23-19)15-4-2-1-3-5-15/h1-6,9,12,16,25H,7-8,10-11,13H2,(H,21,22,23). The molecule has 6 heteroatoms. The first-order valence-electron chi connectivity index (χ1n) is 8.62. The molecule has 6 nitrogen and oxygen atoms in total. The maximum atomic E-state index is 9.28. The van der Waals surface area contributed by atoms with Crippen molar-refractivity contribution in [3.63, 3.8) is 0 Å². The number of aliphatic hydroxyl groups is 1. The lowest BCUT2D eigenvalue weighted by Gasteiger charge is -2.32. The molecule has 4 rings (SSSR count). The summed E-state index contributed by atoms with van der Waals surface area (Å²) in [5.41, 5.74) is 1.93. The largest absolute Gasteiger partial charge is 0.392 e. The summed E-state index contributed by atoms with van der Waals surface area (Å²) in [6.45, 7) is 1.90. The smallest absolute Gasteiger partial charge is 0.181 e. The molecule has 0 unspecified atom stereocenters. The van der Waals surface area contributed by atoms with E-state index in [0.29, 0.717) is 5.92 Å². The first kappa shape index (κ1) is 15.8. The van der Waals surface area contributed by atoms with Crippen LogP contribution in [0.25, 0.3) is 11.4 Å². The van der Waals surface area contributed by atoms with E-state index in [0.717, 1.165) is 54.5 Å². The molecule has 0 saturated carbocycles. The van der Waals surface area contributed by atoms with Gasteiger partial charge in [-0.05, 0) is 30.5 Å². The van der Waals surface area contributed by atoms with Gasteiger partial charge in [0.15, 0.2) is 5.82 Å². The van der Waals surface area contributed by atoms with Crippen molar-refractivity contribution >= 4 is 5.82 Å². The number of benzene rings is 1. The van der Waals surface area contributed by atoms with Gasteiger partial charge >= 0.3 is 0 Å². The number of nitrogens with zero attached hydrogens (tertiary/aromatic N) is 4. The van der Waals surface area contributed by atoms with Crippen molar-refractivity contribution in [2.75, 3.05) is 18.0 Å². The Kier molecular flexibility index (Phi) is 4.43. The molecular weight excluding hydrogens is 314 g/mol. The van der Waals surface area contributed by atoms with Crippen LogP contribution in [0.1, 0.15) is 30.1 Å². The Bertz CT molecular complexity index is 825. The molecule has 1 fully saturated rings. The zero-order chi connectivity index (χ0) is 17.1. The van der Waals surface area contributed by atoms with Crippen molar-refractivity contribution in [1.29, 1.82) is 0 Å². The monoisotopic (exact) mass is 335 g/mol. The molecular formula is C19H21N5O. The van der Waals surface area contributed by atoms with Crippen LogP contribution < -0.4 is 4.90 Å². The van der Waals surface area contributed by atoms with Crippen molar-refractivity contribution < 1.29 is 5.11 Å². The van der Waals surface area contributed by atoms with Gasteiger partial charge in [0.1, 0.15) is 11.6 Å². The number of aromatic amines is 1. The first-order chi connectivity index (χ1) is 12.3. The minimum absolute atomic E-state index is 0.0479. The zero-order valence-electron chi connectivity index (χ0n) is 14.0. The third kappa shape index (κ3) is 3.39. The molecule has 0 bridgehead atoms. The normalized spacial score (nSPS) is 15.5. The molecule has 0 amide bonds. The Morgan fingerprint density at radius 2 is 1.92 bits per heavy atom. The lowest BCUT2D eigenvalue weighted by atomic mass is 9.96. The maximum Gasteiger partial charge on any atom is 0.181 e. The fraction of sp³-hybridized carbons (Fsp3) is 0.316. The highest BCUT2D eigenvalue weighted by atomic mass is 16.3. The van der Waals surface area contributed by atoms with Gasteiger partial charge in [0.25, 0.3) is 0 Å². The highest BCUT2D eigenvalue weighted by Gasteiger charge is 2.24. The molecule has 1 saturated heterocycles. The predicted molar refractivity (Wildman–Crippen MR) is 96.2 cm³/mol. The van der Waals surface area contributed by atoms with E-state index in [-0.39, 0.29) is 6.61 Å². The van der Waals surface area contributed by atoms with Gasteiger partial charge in [-0.1, -0.05) is 30.3 Å². The second-order valence-corrected chi connectivity index (χ2v) is 6.35. The van der Waals surface area contributed by atoms with Crippen LogP contribution in [0.5, 0.6) is 0 Å². The molecule has 3 heterocycles. The predicted octanol–water partition coefficient (Wildman–Crippen LogP) is 2.74. The van der Waals surface area contributed by atoms with E-state index in [9.17, 15) is 5.11 Å². The van der Waals surface area contributed by atoms with Gasteiger partial charge in [0, 0.05) is 30.8 Å². The molecule has 0 atom stereocenters. The van der Waals surface area contributed by atoms with E-state index in [2.05, 4.69) is 20.1 Å². The minimum Gasteiger partial charge on any atom is -0.392 e. The van der Waals surface area contributed by atoms with E-state index >= 15 is 0 Å². The fourth-order valence-electron chi connectivity index (χ4n) is 3.29. The van der Waals surface area contributed by atoms with Gasteiger partial charge in [-0.3, -0.25) is 5.10 Å². The van der Waals surface area contributed by atoms with Crippen molar-refractivity contribution in [3.8, 4) is 11.4 Å². The lowest BCUT2D eigenvalue weighted by Crippen LogP contribution is -2.33. The van der Waals surface area contributed by atoms with E-state index in [1.165, 1.54) is 0 Å². The topological polar surface area (TPSA) is 77.9 Å². The Balaban J connectivity index is 1.43. The van der Waals surface area contributed by atoms with Crippen molar-refractivity contribution in [1.82, 2.24) is 20.2 Å². The fourth-order valence-corrected chi connectivity index (χ4v) is 3.29. The summed E-state index contributed by atoms with van der Waals surface area (Å²) in [6.07, 6.45) is 3.78. The van der Waals surface area contributed by atoms with E-state index < -0.39 is 0 Å². The van der Waals surface area contributed by atoms with Gasteiger partial charge < -0.3 is 10.0 Å². The summed E-state index contributed by atoms with van der Waals surface area (Å²) in [7, 11) is 0. The molecule has 1 aromatic carbocycles. The average molecular weight is 335 g/mol. The molecule has 1 aliphatic heterocycles. The summed E-state index contributed by atoms with van der Waals surface area (Å²) in [4.78, 5) is 11.4. The van der Waals surface area contributed by atoms with Crippen LogP contribution in [-0.4, -0.2) is 38.4 Å². The number of rotatable bonds is 4. The lowest BCUT2D eigenvalue weighted by molar-refractivity contribution is 0.281. The number of hydrogen-bond acceptors (Lipinski definition) is 5. The van der Waals surface area contributed by atoms with Gasteiger partial charge in [-0.25, -0.2) is 9.97 Å². The number of nitrogens with one attached hydrogen (secondary N) is 1. The molecule has 25 heavy (non-hydrogen) atoms. The average Bonchev–Trinajstić information content (AvgIpc) is 3.19. The second kappa shape index (κ2) is 7.03. The summed E-state index contributed by atoms with van der Waals surface area (Å²) < 4.78 is 0. The molecule has 1 aliphatic rings. The van der Waals surface area contributed by atoms with Crippen LogP contribution in [-0.2, 0) is 6.61 Å². The Hall–Kier alpha value is -2.73. The quantitative estimate of drug-likeness (QED) is 0.766. The van der Waals surface area contributed by atoms with Crippen LogP contribution in [0.2, 0.25) is 0 Å². The number of hydrogen-bond donors (Lipinski definition) is 2. The number of anilines is 1. The summed E-state index contributed by atoms with van der Waals surface area (Å²) in [6, 6.07) is 13.8. The van der Waals surface area contributed by atoms with Crippen molar-refractivity contribution in [3.05, 3.63) is 60.0 Å². The maximum absolute atomic E-state index is 9.28. The highest BCUT2D eigenvalue weighted by molar-refractivity contribution is 5.54. The summed E-state index contributed by atoms with van der Waals surface area (Å²) in [5, 5.41) is 16.8. The molecule has 128 valence electrons. The Morgan fingerprint density at radius 1 is 1.12 bits per heavy atom. The van der Waals surface area contributed by atoms with Gasteiger partial charge in [-0.15, -0.1) is 0 Å². The first-order valence-corrected chi connectivity index (χ1v) is 8.62. The van der Waals surface area contributed by atoms with E-state index in [1.807, 2.05) is 42.5 Å². The van der Waals surface area contributed by atoms with Crippen molar-refractivity contribution in [2.45, 2.75) is 25.4 Å². The van der Waals surface area contributed by atoms with Crippen LogP contribution >= 0.6 is 0 Å². The third-order valence-electron chi connectivity index (χ3n) is 4.73. The highest BCUT2D eigenvalue weighted by Crippen LogP contribution is 2.29. The number of H-pyrrole nitrogens is 1. The number of aromatic nitrogens is 4. The van der Waals surface area contributed by atoms with Gasteiger partial charge in [0.2, 0.25) is 0 Å². The molecule has 2 N–H and O–H groups in total. The number of pyridine rings is 1. The summed E-state index contributed by atoms with van der Waals surface area (Å²) >= 11 is 0. The molecule has 0 aliphatic carbocycles. The van der Waals surface area contributed by atoms with Crippen LogP contribution in [0, 0.1) is 0 Å². The van der Waals surface area contributed by atoms with Crippen LogP contribution in [0.15, 0.2) is 48.7 Å². The SMILES string of the molecule is OCc1ccnc(N2CCC(c3nc(-c4ccccc4)n[nH]3)CC2)c1. The number of piperidine rings is 1. The van der Waals surface area contributed by atoms with Gasteiger partial charge in [-0.2, -0.15) is 5.10 Å². The summed E-state index contributed by atoms with van der Waals surface area (Å²) in [5.74, 6) is 3.06. The molecule has 2 aromatic heterocycles.